The van der Waals surface area contributed by atoms with E-state index in [0.717, 1.165) is 24.3 Å². The standard InChI is InChI=1S/C19H20Cl2N2O/c1-23(2)12-11-22-18-6-4-3-5-14(18)7-10-19(24)16-9-8-15(20)13-17(16)21/h3-10,13,22H,11-12H2,1-2H3. The number of benzene rings is 2. The summed E-state index contributed by atoms with van der Waals surface area (Å²) < 4.78 is 0. The maximum atomic E-state index is 12.3. The minimum absolute atomic E-state index is 0.153. The number of rotatable bonds is 7. The predicted molar refractivity (Wildman–Crippen MR) is 103 cm³/mol. The summed E-state index contributed by atoms with van der Waals surface area (Å²) in [5.41, 5.74) is 2.38. The van der Waals surface area contributed by atoms with Crippen LogP contribution < -0.4 is 5.32 Å². The fourth-order valence-electron chi connectivity index (χ4n) is 2.16. The zero-order valence-electron chi connectivity index (χ0n) is 13.7. The first-order valence-electron chi connectivity index (χ1n) is 7.62. The number of anilines is 1. The number of nitrogens with one attached hydrogen (secondary N) is 1. The Morgan fingerprint density at radius 2 is 1.92 bits per heavy atom. The fraction of sp³-hybridized carbons (Fsp3) is 0.211. The molecular weight excluding hydrogens is 343 g/mol. The van der Waals surface area contributed by atoms with Gasteiger partial charge >= 0.3 is 0 Å². The van der Waals surface area contributed by atoms with Crippen molar-refractivity contribution in [3.05, 3.63) is 69.7 Å². The number of hydrogen-bond acceptors (Lipinski definition) is 3. The quantitative estimate of drug-likeness (QED) is 0.563. The molecule has 126 valence electrons. The summed E-state index contributed by atoms with van der Waals surface area (Å²) in [5.74, 6) is -0.153. The van der Waals surface area contributed by atoms with Gasteiger partial charge in [-0.15, -0.1) is 0 Å². The zero-order chi connectivity index (χ0) is 17.5. The van der Waals surface area contributed by atoms with Gasteiger partial charge in [0, 0.05) is 29.4 Å². The van der Waals surface area contributed by atoms with Gasteiger partial charge < -0.3 is 10.2 Å². The Labute approximate surface area is 152 Å². The van der Waals surface area contributed by atoms with Crippen LogP contribution in [0.4, 0.5) is 5.69 Å². The second-order valence-corrected chi connectivity index (χ2v) is 6.48. The molecule has 0 aliphatic heterocycles. The van der Waals surface area contributed by atoms with Crippen LogP contribution in [0.15, 0.2) is 48.5 Å². The molecule has 0 bridgehead atoms. The van der Waals surface area contributed by atoms with Crippen molar-refractivity contribution in [2.24, 2.45) is 0 Å². The van der Waals surface area contributed by atoms with E-state index in [9.17, 15) is 4.79 Å². The van der Waals surface area contributed by atoms with Crippen LogP contribution in [0, 0.1) is 0 Å². The van der Waals surface area contributed by atoms with Crippen LogP contribution >= 0.6 is 23.2 Å². The number of nitrogens with zero attached hydrogens (tertiary/aromatic N) is 1. The van der Waals surface area contributed by atoms with Gasteiger partial charge in [0.05, 0.1) is 5.02 Å². The van der Waals surface area contributed by atoms with Crippen LogP contribution in [0.2, 0.25) is 10.0 Å². The van der Waals surface area contributed by atoms with E-state index in [-0.39, 0.29) is 5.78 Å². The van der Waals surface area contributed by atoms with Crippen molar-refractivity contribution >= 4 is 40.7 Å². The highest BCUT2D eigenvalue weighted by Crippen LogP contribution is 2.22. The van der Waals surface area contributed by atoms with Crippen molar-refractivity contribution < 1.29 is 4.79 Å². The summed E-state index contributed by atoms with van der Waals surface area (Å²) in [6.07, 6.45) is 3.33. The number of carbonyl (C=O) groups is 1. The molecule has 0 radical (unpaired) electrons. The lowest BCUT2D eigenvalue weighted by molar-refractivity contribution is 0.104. The molecule has 2 aromatic rings. The van der Waals surface area contributed by atoms with Crippen LogP contribution in [0.1, 0.15) is 15.9 Å². The Balaban J connectivity index is 2.12. The average Bonchev–Trinajstić information content (AvgIpc) is 2.53. The largest absolute Gasteiger partial charge is 0.383 e. The lowest BCUT2D eigenvalue weighted by Crippen LogP contribution is -2.21. The Hall–Kier alpha value is -1.81. The molecule has 5 heteroatoms. The molecule has 1 N–H and O–H groups in total. The normalized spacial score (nSPS) is 11.2. The van der Waals surface area contributed by atoms with Crippen molar-refractivity contribution in [1.82, 2.24) is 4.90 Å². The molecule has 24 heavy (non-hydrogen) atoms. The number of hydrogen-bond donors (Lipinski definition) is 1. The highest BCUT2D eigenvalue weighted by atomic mass is 35.5. The summed E-state index contributed by atoms with van der Waals surface area (Å²) in [6, 6.07) is 12.7. The predicted octanol–water partition coefficient (Wildman–Crippen LogP) is 4.86. The molecule has 0 spiro atoms. The van der Waals surface area contributed by atoms with E-state index in [4.69, 9.17) is 23.2 Å². The van der Waals surface area contributed by atoms with Crippen LogP contribution in [0.5, 0.6) is 0 Å². The van der Waals surface area contributed by atoms with Gasteiger partial charge in [-0.1, -0.05) is 41.4 Å². The van der Waals surface area contributed by atoms with Gasteiger partial charge in [-0.25, -0.2) is 0 Å². The number of halogens is 2. The molecule has 0 heterocycles. The maximum absolute atomic E-state index is 12.3. The van der Waals surface area contributed by atoms with Gasteiger partial charge in [0.25, 0.3) is 0 Å². The summed E-state index contributed by atoms with van der Waals surface area (Å²) in [4.78, 5) is 14.4. The number of carbonyl (C=O) groups excluding carboxylic acids is 1. The van der Waals surface area contributed by atoms with Crippen LogP contribution in [-0.2, 0) is 0 Å². The minimum Gasteiger partial charge on any atom is -0.383 e. The van der Waals surface area contributed by atoms with Crippen molar-refractivity contribution in [1.29, 1.82) is 0 Å². The second kappa shape index (κ2) is 8.88. The number of allylic oxidation sites excluding steroid dienone is 1. The summed E-state index contributed by atoms with van der Waals surface area (Å²) >= 11 is 11.9. The smallest absolute Gasteiger partial charge is 0.187 e. The first-order chi connectivity index (χ1) is 11.5. The minimum atomic E-state index is -0.153. The molecule has 0 atom stereocenters. The van der Waals surface area contributed by atoms with E-state index < -0.39 is 0 Å². The first kappa shape index (κ1) is 18.5. The van der Waals surface area contributed by atoms with Gasteiger partial charge in [0.2, 0.25) is 0 Å². The average molecular weight is 363 g/mol. The van der Waals surface area contributed by atoms with Crippen molar-refractivity contribution in [3.8, 4) is 0 Å². The van der Waals surface area contributed by atoms with E-state index in [0.29, 0.717) is 15.6 Å². The Bertz CT molecular complexity index is 742. The Kier molecular flexibility index (Phi) is 6.85. The summed E-state index contributed by atoms with van der Waals surface area (Å²) in [6.45, 7) is 1.76. The molecule has 2 aromatic carbocycles. The molecule has 0 aromatic heterocycles. The van der Waals surface area contributed by atoms with Gasteiger partial charge in [-0.3, -0.25) is 4.79 Å². The van der Waals surface area contributed by atoms with Crippen LogP contribution in [-0.4, -0.2) is 37.9 Å². The molecule has 0 aliphatic carbocycles. The third kappa shape index (κ3) is 5.38. The highest BCUT2D eigenvalue weighted by Gasteiger charge is 2.08. The maximum Gasteiger partial charge on any atom is 0.187 e. The van der Waals surface area contributed by atoms with Crippen molar-refractivity contribution in [2.45, 2.75) is 0 Å². The number of likely N-dealkylation sites (N-methyl/N-ethyl adjacent to an activating group) is 1. The summed E-state index contributed by atoms with van der Waals surface area (Å²) in [5, 5.41) is 4.25. The molecule has 2 rings (SSSR count). The molecule has 0 aliphatic rings. The van der Waals surface area contributed by atoms with Gasteiger partial charge in [-0.2, -0.15) is 0 Å². The van der Waals surface area contributed by atoms with E-state index >= 15 is 0 Å². The van der Waals surface area contributed by atoms with E-state index in [1.165, 1.54) is 6.08 Å². The molecule has 0 unspecified atom stereocenters. The lowest BCUT2D eigenvalue weighted by atomic mass is 10.1. The molecule has 0 amide bonds. The highest BCUT2D eigenvalue weighted by molar-refractivity contribution is 6.37. The van der Waals surface area contributed by atoms with Crippen LogP contribution in [0.25, 0.3) is 6.08 Å². The summed E-state index contributed by atoms with van der Waals surface area (Å²) in [7, 11) is 4.06. The third-order valence-corrected chi connectivity index (χ3v) is 3.99. The lowest BCUT2D eigenvalue weighted by Gasteiger charge is -2.13. The molecule has 0 saturated heterocycles. The Morgan fingerprint density at radius 1 is 1.17 bits per heavy atom. The zero-order valence-corrected chi connectivity index (χ0v) is 15.2. The SMILES string of the molecule is CN(C)CCNc1ccccc1C=CC(=O)c1ccc(Cl)cc1Cl. The van der Waals surface area contributed by atoms with Gasteiger partial charge in [0.15, 0.2) is 5.78 Å². The molecule has 0 fully saturated rings. The number of ketones is 1. The fourth-order valence-corrected chi connectivity index (χ4v) is 2.66. The molecular formula is C19H20Cl2N2O. The second-order valence-electron chi connectivity index (χ2n) is 5.64. The monoisotopic (exact) mass is 362 g/mol. The van der Waals surface area contributed by atoms with E-state index in [1.54, 1.807) is 24.3 Å². The van der Waals surface area contributed by atoms with Crippen molar-refractivity contribution in [2.75, 3.05) is 32.5 Å². The Morgan fingerprint density at radius 3 is 2.62 bits per heavy atom. The first-order valence-corrected chi connectivity index (χ1v) is 8.38. The van der Waals surface area contributed by atoms with Crippen LogP contribution in [0.3, 0.4) is 0 Å². The number of para-hydroxylation sites is 1. The van der Waals surface area contributed by atoms with Gasteiger partial charge in [0.1, 0.15) is 0 Å². The third-order valence-electron chi connectivity index (χ3n) is 3.45. The topological polar surface area (TPSA) is 32.3 Å². The molecule has 0 saturated carbocycles. The van der Waals surface area contributed by atoms with Crippen molar-refractivity contribution in [3.63, 3.8) is 0 Å². The van der Waals surface area contributed by atoms with Gasteiger partial charge in [-0.05, 0) is 56.1 Å². The van der Waals surface area contributed by atoms with E-state index in [1.807, 2.05) is 38.4 Å². The molecule has 3 nitrogen and oxygen atoms in total. The van der Waals surface area contributed by atoms with E-state index in [2.05, 4.69) is 10.2 Å².